The molecule has 25 heavy (non-hydrogen) atoms. The third-order valence-corrected chi connectivity index (χ3v) is 5.97. The molecule has 3 heterocycles. The van der Waals surface area contributed by atoms with E-state index < -0.39 is 4.87 Å². The first-order valence-electron chi connectivity index (χ1n) is 8.06. The fourth-order valence-electron chi connectivity index (χ4n) is 3.15. The molecule has 0 radical (unpaired) electrons. The van der Waals surface area contributed by atoms with Crippen molar-refractivity contribution in [2.24, 2.45) is 0 Å². The number of amides is 2. The number of hydrogen-bond acceptors (Lipinski definition) is 4. The molecule has 0 aliphatic carbocycles. The van der Waals surface area contributed by atoms with Gasteiger partial charge in [-0.15, -0.1) is 0 Å². The third-order valence-electron chi connectivity index (χ3n) is 4.52. The maximum absolute atomic E-state index is 12.4. The molecule has 0 aromatic heterocycles. The zero-order valence-corrected chi connectivity index (χ0v) is 14.2. The van der Waals surface area contributed by atoms with Crippen molar-refractivity contribution in [2.45, 2.75) is 23.8 Å². The highest BCUT2D eigenvalue weighted by atomic mass is 32.2. The maximum atomic E-state index is 12.4. The molecule has 6 heteroatoms. The van der Waals surface area contributed by atoms with Crippen LogP contribution in [0.3, 0.4) is 0 Å². The molecule has 5 rings (SSSR count). The van der Waals surface area contributed by atoms with E-state index in [2.05, 4.69) is 5.32 Å². The van der Waals surface area contributed by atoms with Crippen molar-refractivity contribution in [3.63, 3.8) is 0 Å². The summed E-state index contributed by atoms with van der Waals surface area (Å²) in [6.45, 7) is 0. The Morgan fingerprint density at radius 1 is 1.04 bits per heavy atom. The SMILES string of the molecule is O=C(Cc1ccccc1)N[C@@]12SN(C1=O)[C@@H]2CC(=O)c1ccccc1. The lowest BCUT2D eigenvalue weighted by atomic mass is 9.89. The van der Waals surface area contributed by atoms with Gasteiger partial charge in [-0.05, 0) is 17.5 Å². The molecule has 126 valence electrons. The second kappa shape index (κ2) is 6.04. The Morgan fingerprint density at radius 2 is 1.68 bits per heavy atom. The van der Waals surface area contributed by atoms with Crippen LogP contribution in [0.5, 0.6) is 0 Å². The second-order valence-corrected chi connectivity index (χ2v) is 7.40. The molecule has 3 aliphatic rings. The van der Waals surface area contributed by atoms with Gasteiger partial charge in [0.05, 0.1) is 12.5 Å². The number of β-lactam (4-membered cyclic amide) rings is 1. The largest absolute Gasteiger partial charge is 0.330 e. The smallest absolute Gasteiger partial charge is 0.273 e. The van der Waals surface area contributed by atoms with Crippen LogP contribution in [0, 0.1) is 0 Å². The quantitative estimate of drug-likeness (QED) is 0.492. The lowest BCUT2D eigenvalue weighted by Gasteiger charge is -2.66. The molecule has 3 saturated heterocycles. The van der Waals surface area contributed by atoms with Crippen LogP contribution in [0.4, 0.5) is 0 Å². The zero-order chi connectivity index (χ0) is 17.4. The molecular weight excluding hydrogens is 336 g/mol. The number of rotatable bonds is 6. The van der Waals surface area contributed by atoms with Gasteiger partial charge in [-0.2, -0.15) is 0 Å². The van der Waals surface area contributed by atoms with Gasteiger partial charge in [0, 0.05) is 12.0 Å². The van der Waals surface area contributed by atoms with Gasteiger partial charge in [0.2, 0.25) is 10.8 Å². The summed E-state index contributed by atoms with van der Waals surface area (Å²) in [4.78, 5) is 35.8. The van der Waals surface area contributed by atoms with Crippen molar-refractivity contribution in [1.29, 1.82) is 0 Å². The first-order chi connectivity index (χ1) is 12.1. The molecule has 0 unspecified atom stereocenters. The molecule has 3 aliphatic heterocycles. The standard InChI is InChI=1S/C19H16N2O3S/c22-15(14-9-5-2-6-10-14)12-16-19(18(24)21(16)25-19)20-17(23)11-13-7-3-1-4-8-13/h1-10,16H,11-12H2,(H,20,23)/t16-,19+/m1/s1. The van der Waals surface area contributed by atoms with Gasteiger partial charge in [-0.25, -0.2) is 0 Å². The van der Waals surface area contributed by atoms with Crippen LogP contribution in [-0.2, 0) is 16.0 Å². The van der Waals surface area contributed by atoms with E-state index in [-0.39, 0.29) is 36.5 Å². The van der Waals surface area contributed by atoms with Gasteiger partial charge < -0.3 is 5.32 Å². The number of carbonyl (C=O) groups excluding carboxylic acids is 3. The molecule has 2 bridgehead atoms. The van der Waals surface area contributed by atoms with E-state index in [4.69, 9.17) is 0 Å². The maximum Gasteiger partial charge on any atom is 0.273 e. The van der Waals surface area contributed by atoms with Crippen LogP contribution >= 0.6 is 11.9 Å². The number of carbonyl (C=O) groups is 3. The van der Waals surface area contributed by atoms with Crippen LogP contribution in [0.2, 0.25) is 0 Å². The molecule has 2 amide bonds. The van der Waals surface area contributed by atoms with Gasteiger partial charge in [-0.1, -0.05) is 60.7 Å². The van der Waals surface area contributed by atoms with Gasteiger partial charge >= 0.3 is 0 Å². The lowest BCUT2D eigenvalue weighted by Crippen LogP contribution is -2.87. The minimum Gasteiger partial charge on any atom is -0.330 e. The van der Waals surface area contributed by atoms with E-state index >= 15 is 0 Å². The lowest BCUT2D eigenvalue weighted by molar-refractivity contribution is -0.153. The number of ketones is 1. The highest BCUT2D eigenvalue weighted by molar-refractivity contribution is 8.03. The normalized spacial score (nSPS) is 23.4. The molecule has 2 aromatic carbocycles. The predicted molar refractivity (Wildman–Crippen MR) is 94.6 cm³/mol. The monoisotopic (exact) mass is 352 g/mol. The molecule has 1 N–H and O–H groups in total. The van der Waals surface area contributed by atoms with Crippen LogP contribution in [-0.4, -0.2) is 32.8 Å². The number of Topliss-reactive ketones (excluding diaryl/α,β-unsaturated/α-hetero) is 1. The topological polar surface area (TPSA) is 66.5 Å². The Kier molecular flexibility index (Phi) is 3.84. The molecule has 5 nitrogen and oxygen atoms in total. The Hall–Kier alpha value is -2.60. The number of benzene rings is 2. The van der Waals surface area contributed by atoms with E-state index in [9.17, 15) is 14.4 Å². The van der Waals surface area contributed by atoms with Crippen LogP contribution < -0.4 is 5.32 Å². The van der Waals surface area contributed by atoms with Crippen molar-refractivity contribution in [2.75, 3.05) is 0 Å². The molecule has 0 spiro atoms. The summed E-state index contributed by atoms with van der Waals surface area (Å²) in [5.41, 5.74) is 1.51. The summed E-state index contributed by atoms with van der Waals surface area (Å²) in [6, 6.07) is 18.1. The van der Waals surface area contributed by atoms with E-state index in [0.717, 1.165) is 5.56 Å². The average Bonchev–Trinajstić information content (AvgIpc) is 2.64. The van der Waals surface area contributed by atoms with E-state index in [0.29, 0.717) is 5.56 Å². The summed E-state index contributed by atoms with van der Waals surface area (Å²) in [5, 5.41) is 2.84. The highest BCUT2D eigenvalue weighted by Crippen LogP contribution is 2.59. The molecule has 0 saturated carbocycles. The number of hydrogen-bond donors (Lipinski definition) is 1. The fraction of sp³-hybridized carbons (Fsp3) is 0.211. The van der Waals surface area contributed by atoms with Gasteiger partial charge in [-0.3, -0.25) is 18.7 Å². The minimum atomic E-state index is -0.962. The van der Waals surface area contributed by atoms with Crippen molar-refractivity contribution in [3.05, 3.63) is 71.8 Å². The number of nitrogens with zero attached hydrogens (tertiary/aromatic N) is 1. The molecule has 2 atom stereocenters. The second-order valence-electron chi connectivity index (χ2n) is 6.18. The van der Waals surface area contributed by atoms with Crippen LogP contribution in [0.15, 0.2) is 60.7 Å². The third kappa shape index (κ3) is 2.62. The summed E-state index contributed by atoms with van der Waals surface area (Å²) in [6.07, 6.45) is 0.435. The Balaban J connectivity index is 1.41. The van der Waals surface area contributed by atoms with Crippen molar-refractivity contribution >= 4 is 29.5 Å². The molecule has 3 fully saturated rings. The Bertz CT molecular complexity index is 840. The molecular formula is C19H16N2O3S. The van der Waals surface area contributed by atoms with Crippen molar-refractivity contribution in [1.82, 2.24) is 9.62 Å². The first kappa shape index (κ1) is 15.9. The van der Waals surface area contributed by atoms with Crippen molar-refractivity contribution < 1.29 is 14.4 Å². The van der Waals surface area contributed by atoms with Crippen molar-refractivity contribution in [3.8, 4) is 0 Å². The van der Waals surface area contributed by atoms with E-state index in [1.54, 1.807) is 16.4 Å². The minimum absolute atomic E-state index is 0.0231. The Morgan fingerprint density at radius 3 is 2.28 bits per heavy atom. The van der Waals surface area contributed by atoms with Gasteiger partial charge in [0.1, 0.15) is 0 Å². The van der Waals surface area contributed by atoms with Gasteiger partial charge in [0.25, 0.3) is 5.91 Å². The fourth-order valence-corrected chi connectivity index (χ4v) is 4.41. The predicted octanol–water partition coefficient (Wildman–Crippen LogP) is 2.19. The summed E-state index contributed by atoms with van der Waals surface area (Å²) in [5.74, 6) is -0.349. The average molecular weight is 352 g/mol. The zero-order valence-electron chi connectivity index (χ0n) is 13.3. The Labute approximate surface area is 149 Å². The number of nitrogens with one attached hydrogen (secondary N) is 1. The summed E-state index contributed by atoms with van der Waals surface area (Å²) >= 11 is 1.30. The van der Waals surface area contributed by atoms with E-state index in [1.165, 1.54) is 11.9 Å². The summed E-state index contributed by atoms with van der Waals surface area (Å²) in [7, 11) is 0. The van der Waals surface area contributed by atoms with E-state index in [1.807, 2.05) is 48.5 Å². The molecule has 2 aromatic rings. The first-order valence-corrected chi connectivity index (χ1v) is 8.83. The van der Waals surface area contributed by atoms with Gasteiger partial charge in [0.15, 0.2) is 5.78 Å². The summed E-state index contributed by atoms with van der Waals surface area (Å²) < 4.78 is 1.57. The van der Waals surface area contributed by atoms with Crippen LogP contribution in [0.25, 0.3) is 0 Å². The highest BCUT2D eigenvalue weighted by Gasteiger charge is 2.75. The van der Waals surface area contributed by atoms with Crippen LogP contribution in [0.1, 0.15) is 22.3 Å².